The fourth-order valence-corrected chi connectivity index (χ4v) is 5.59. The third-order valence-electron chi connectivity index (χ3n) is 8.07. The summed E-state index contributed by atoms with van der Waals surface area (Å²) in [6.07, 6.45) is 6.44. The average molecular weight is 611 g/mol. The smallest absolute Gasteiger partial charge is 0.325 e. The molecule has 3 atom stereocenters. The minimum absolute atomic E-state index is 0.180. The van der Waals surface area contributed by atoms with E-state index in [4.69, 9.17) is 23.5 Å². The van der Waals surface area contributed by atoms with Crippen molar-refractivity contribution in [2.75, 3.05) is 33.5 Å². The quantitative estimate of drug-likeness (QED) is 0.192. The standard InChI is InChI=1S/C35H38N4O6/c1-25(44-33-5-3-4-19-43-33)34-36-16-17-39(34)23-30-21-32(45-37-30)29-14-12-27(13-15-29)7-6-26-8-10-28(11-9-26)22-38-18-20-42-24-31(38)35(40)41-2/h8-17,21,25,31,33H,3-5,18-20,22-24H2,1-2H3. The Balaban J connectivity index is 1.04. The Morgan fingerprint density at radius 1 is 1.04 bits per heavy atom. The fourth-order valence-electron chi connectivity index (χ4n) is 5.59. The molecular weight excluding hydrogens is 572 g/mol. The fraction of sp³-hybridized carbons (Fsp3) is 0.400. The number of methoxy groups -OCH3 is 1. The predicted octanol–water partition coefficient (Wildman–Crippen LogP) is 4.96. The average Bonchev–Trinajstić information content (AvgIpc) is 3.75. The van der Waals surface area contributed by atoms with Gasteiger partial charge in [0.25, 0.3) is 0 Å². The van der Waals surface area contributed by atoms with Gasteiger partial charge in [-0.05, 0) is 68.1 Å². The summed E-state index contributed by atoms with van der Waals surface area (Å²) in [5, 5.41) is 4.29. The topological polar surface area (TPSA) is 101 Å². The molecular formula is C35H38N4O6. The maximum absolute atomic E-state index is 12.1. The van der Waals surface area contributed by atoms with E-state index < -0.39 is 0 Å². The number of nitrogens with zero attached hydrogens (tertiary/aromatic N) is 4. The van der Waals surface area contributed by atoms with E-state index in [-0.39, 0.29) is 24.4 Å². The molecule has 4 heterocycles. The molecule has 0 spiro atoms. The Bertz CT molecular complexity index is 1610. The van der Waals surface area contributed by atoms with Crippen LogP contribution in [0.15, 0.2) is 71.5 Å². The molecule has 2 aliphatic heterocycles. The number of morpholine rings is 1. The molecule has 2 aliphatic rings. The first-order valence-electron chi connectivity index (χ1n) is 15.4. The van der Waals surface area contributed by atoms with Crippen molar-refractivity contribution in [3.63, 3.8) is 0 Å². The van der Waals surface area contributed by atoms with Crippen molar-refractivity contribution in [3.8, 4) is 23.2 Å². The molecule has 6 rings (SSSR count). The zero-order valence-corrected chi connectivity index (χ0v) is 25.7. The van der Waals surface area contributed by atoms with Crippen LogP contribution in [0.4, 0.5) is 0 Å². The van der Waals surface area contributed by atoms with Gasteiger partial charge in [0, 0.05) is 54.8 Å². The summed E-state index contributed by atoms with van der Waals surface area (Å²) in [5.41, 5.74) is 4.64. The second-order valence-electron chi connectivity index (χ2n) is 11.3. The highest BCUT2D eigenvalue weighted by Crippen LogP contribution is 2.25. The molecule has 45 heavy (non-hydrogen) atoms. The molecule has 2 fully saturated rings. The largest absolute Gasteiger partial charge is 0.468 e. The molecule has 4 aromatic rings. The lowest BCUT2D eigenvalue weighted by molar-refractivity contribution is -0.188. The van der Waals surface area contributed by atoms with Crippen LogP contribution in [0.25, 0.3) is 11.3 Å². The van der Waals surface area contributed by atoms with E-state index in [9.17, 15) is 4.79 Å². The highest BCUT2D eigenvalue weighted by atomic mass is 16.7. The van der Waals surface area contributed by atoms with Crippen LogP contribution in [0.3, 0.4) is 0 Å². The van der Waals surface area contributed by atoms with Gasteiger partial charge in [-0.15, -0.1) is 0 Å². The number of hydrogen-bond donors (Lipinski definition) is 0. The minimum Gasteiger partial charge on any atom is -0.468 e. The third-order valence-corrected chi connectivity index (χ3v) is 8.07. The summed E-state index contributed by atoms with van der Waals surface area (Å²) < 4.78 is 30.0. The molecule has 2 aromatic heterocycles. The monoisotopic (exact) mass is 610 g/mol. The summed E-state index contributed by atoms with van der Waals surface area (Å²) >= 11 is 0. The summed E-state index contributed by atoms with van der Waals surface area (Å²) in [6.45, 7) is 5.56. The van der Waals surface area contributed by atoms with Gasteiger partial charge in [0.15, 0.2) is 12.1 Å². The Labute approximate surface area is 263 Å². The van der Waals surface area contributed by atoms with Gasteiger partial charge in [-0.1, -0.05) is 29.1 Å². The van der Waals surface area contributed by atoms with Crippen LogP contribution in [-0.2, 0) is 36.8 Å². The number of imidazole rings is 1. The van der Waals surface area contributed by atoms with Crippen LogP contribution in [0.5, 0.6) is 0 Å². The lowest BCUT2D eigenvalue weighted by Crippen LogP contribution is -2.49. The summed E-state index contributed by atoms with van der Waals surface area (Å²) in [5.74, 6) is 7.72. The van der Waals surface area contributed by atoms with Crippen molar-refractivity contribution < 1.29 is 28.3 Å². The Hall–Kier alpha value is -4.27. The van der Waals surface area contributed by atoms with E-state index in [0.29, 0.717) is 38.6 Å². The van der Waals surface area contributed by atoms with Crippen LogP contribution in [0, 0.1) is 11.8 Å². The van der Waals surface area contributed by atoms with Gasteiger partial charge in [0.05, 0.1) is 26.9 Å². The SMILES string of the molecule is COC(=O)C1COCCN1Cc1ccc(C#Cc2ccc(-c3cc(Cn4ccnc4C(C)OC4CCCCO4)no3)cc2)cc1. The van der Waals surface area contributed by atoms with Gasteiger partial charge >= 0.3 is 5.97 Å². The second-order valence-corrected chi connectivity index (χ2v) is 11.3. The number of hydrogen-bond acceptors (Lipinski definition) is 9. The zero-order valence-electron chi connectivity index (χ0n) is 25.7. The highest BCUT2D eigenvalue weighted by Gasteiger charge is 2.30. The molecule has 10 nitrogen and oxygen atoms in total. The molecule has 3 unspecified atom stereocenters. The van der Waals surface area contributed by atoms with Crippen molar-refractivity contribution in [3.05, 3.63) is 95.2 Å². The number of benzene rings is 2. The van der Waals surface area contributed by atoms with Crippen molar-refractivity contribution in [2.45, 2.75) is 57.7 Å². The second kappa shape index (κ2) is 14.7. The molecule has 0 aliphatic carbocycles. The maximum Gasteiger partial charge on any atom is 0.325 e. The number of carbonyl (C=O) groups excluding carboxylic acids is 1. The lowest BCUT2D eigenvalue weighted by atomic mass is 10.1. The van der Waals surface area contributed by atoms with Crippen molar-refractivity contribution in [1.82, 2.24) is 19.6 Å². The van der Waals surface area contributed by atoms with Crippen molar-refractivity contribution >= 4 is 5.97 Å². The first kappa shape index (κ1) is 30.7. The van der Waals surface area contributed by atoms with Crippen LogP contribution >= 0.6 is 0 Å². The summed E-state index contributed by atoms with van der Waals surface area (Å²) in [7, 11) is 1.41. The van der Waals surface area contributed by atoms with Gasteiger partial charge in [0.1, 0.15) is 23.7 Å². The molecule has 10 heteroatoms. The van der Waals surface area contributed by atoms with E-state index in [2.05, 4.69) is 26.9 Å². The Kier molecular flexibility index (Phi) is 10.0. The number of rotatable bonds is 9. The van der Waals surface area contributed by atoms with Crippen LogP contribution < -0.4 is 0 Å². The molecule has 0 N–H and O–H groups in total. The van der Waals surface area contributed by atoms with Gasteiger partial charge < -0.3 is 28.0 Å². The van der Waals surface area contributed by atoms with E-state index in [1.165, 1.54) is 7.11 Å². The number of aromatic nitrogens is 3. The molecule has 0 radical (unpaired) electrons. The van der Waals surface area contributed by atoms with Crippen molar-refractivity contribution in [1.29, 1.82) is 0 Å². The Morgan fingerprint density at radius 3 is 2.56 bits per heavy atom. The number of ether oxygens (including phenoxy) is 4. The minimum atomic E-state index is -0.380. The molecule has 2 aromatic carbocycles. The normalized spacial score (nSPS) is 19.4. The Morgan fingerprint density at radius 2 is 1.82 bits per heavy atom. The number of carbonyl (C=O) groups is 1. The zero-order chi connectivity index (χ0) is 31.0. The highest BCUT2D eigenvalue weighted by molar-refractivity contribution is 5.76. The predicted molar refractivity (Wildman–Crippen MR) is 166 cm³/mol. The van der Waals surface area contributed by atoms with Gasteiger partial charge in [-0.3, -0.25) is 9.69 Å². The van der Waals surface area contributed by atoms with Gasteiger partial charge in [-0.2, -0.15) is 0 Å². The van der Waals surface area contributed by atoms with E-state index in [1.807, 2.05) is 72.3 Å². The van der Waals surface area contributed by atoms with Crippen LogP contribution in [0.1, 0.15) is 60.5 Å². The first-order chi connectivity index (χ1) is 22.1. The lowest BCUT2D eigenvalue weighted by Gasteiger charge is -2.33. The van der Waals surface area contributed by atoms with E-state index in [0.717, 1.165) is 59.6 Å². The molecule has 0 amide bonds. The molecule has 0 bridgehead atoms. The molecule has 234 valence electrons. The van der Waals surface area contributed by atoms with Gasteiger partial charge in [0.2, 0.25) is 0 Å². The van der Waals surface area contributed by atoms with E-state index in [1.54, 1.807) is 6.20 Å². The maximum atomic E-state index is 12.1. The van der Waals surface area contributed by atoms with Crippen molar-refractivity contribution in [2.24, 2.45) is 0 Å². The van der Waals surface area contributed by atoms with E-state index >= 15 is 0 Å². The molecule has 0 saturated carbocycles. The summed E-state index contributed by atoms with van der Waals surface area (Å²) in [4.78, 5) is 18.7. The summed E-state index contributed by atoms with van der Waals surface area (Å²) in [6, 6.07) is 17.6. The molecule has 2 saturated heterocycles. The van der Waals surface area contributed by atoms with Crippen LogP contribution in [-0.4, -0.2) is 71.4 Å². The van der Waals surface area contributed by atoms with Crippen LogP contribution in [0.2, 0.25) is 0 Å². The number of esters is 1. The third kappa shape index (κ3) is 7.88. The first-order valence-corrected chi connectivity index (χ1v) is 15.4. The van der Waals surface area contributed by atoms with Gasteiger partial charge in [-0.25, -0.2) is 4.98 Å².